The smallest absolute Gasteiger partial charge is 0.408 e. The lowest BCUT2D eigenvalue weighted by Gasteiger charge is -2.29. The van der Waals surface area contributed by atoms with Gasteiger partial charge in [0.15, 0.2) is 5.96 Å². The van der Waals surface area contributed by atoms with Crippen molar-refractivity contribution in [2.24, 2.45) is 4.99 Å². The van der Waals surface area contributed by atoms with Crippen molar-refractivity contribution in [2.45, 2.75) is 59.2 Å². The Morgan fingerprint density at radius 3 is 2.41 bits per heavy atom. The van der Waals surface area contributed by atoms with Crippen LogP contribution in [0.1, 0.15) is 47.1 Å². The largest absolute Gasteiger partial charge is 0.444 e. The second-order valence-electron chi connectivity index (χ2n) is 8.44. The van der Waals surface area contributed by atoms with Crippen LogP contribution in [-0.4, -0.2) is 55.4 Å². The number of pyridine rings is 1. The molecule has 0 unspecified atom stereocenters. The highest BCUT2D eigenvalue weighted by Gasteiger charge is 2.24. The van der Waals surface area contributed by atoms with E-state index < -0.39 is 17.2 Å². The van der Waals surface area contributed by atoms with E-state index in [1.807, 2.05) is 72.7 Å². The summed E-state index contributed by atoms with van der Waals surface area (Å²) in [6, 6.07) is 3.93. The Kier molecular flexibility index (Phi) is 11.3. The lowest BCUT2D eigenvalue weighted by atomic mass is 10.1. The molecule has 0 aliphatic rings. The second kappa shape index (κ2) is 12.0. The molecular weight excluding hydrogens is 483 g/mol. The Hall–Kier alpha value is -1.78. The van der Waals surface area contributed by atoms with Crippen molar-refractivity contribution in [1.29, 1.82) is 0 Å². The van der Waals surface area contributed by atoms with Gasteiger partial charge in [-0.2, -0.15) is 0 Å². The third-order valence-corrected chi connectivity index (χ3v) is 3.58. The van der Waals surface area contributed by atoms with E-state index in [1.54, 1.807) is 6.20 Å². The number of rotatable bonds is 7. The van der Waals surface area contributed by atoms with Gasteiger partial charge >= 0.3 is 6.09 Å². The minimum absolute atomic E-state index is 0. The molecule has 0 radical (unpaired) electrons. The van der Waals surface area contributed by atoms with Gasteiger partial charge in [0.1, 0.15) is 11.4 Å². The van der Waals surface area contributed by atoms with Crippen LogP contribution in [0.3, 0.4) is 0 Å². The van der Waals surface area contributed by atoms with Crippen molar-refractivity contribution in [1.82, 2.24) is 20.9 Å². The molecule has 0 atom stereocenters. The average molecular weight is 520 g/mol. The molecule has 0 saturated carbocycles. The molecular formula is C20H37IN6O2. The number of halogens is 1. The molecule has 0 fully saturated rings. The Bertz CT molecular complexity index is 671. The summed E-state index contributed by atoms with van der Waals surface area (Å²) in [6.07, 6.45) is 1.34. The van der Waals surface area contributed by atoms with Crippen LogP contribution in [0.15, 0.2) is 23.3 Å². The number of hydrogen-bond acceptors (Lipinski definition) is 5. The van der Waals surface area contributed by atoms with E-state index in [2.05, 4.69) is 25.9 Å². The van der Waals surface area contributed by atoms with Crippen LogP contribution < -0.4 is 20.9 Å². The SMILES string of the molecule is CCNC(=NCc1cccnc1N(C)C)NCC(C)(C)NC(=O)OC(C)(C)C.I. The molecule has 1 rings (SSSR count). The molecule has 29 heavy (non-hydrogen) atoms. The number of anilines is 1. The minimum atomic E-state index is -0.530. The molecule has 9 heteroatoms. The van der Waals surface area contributed by atoms with Crippen LogP contribution in [0.4, 0.5) is 10.6 Å². The number of alkyl carbamates (subject to hydrolysis) is 1. The van der Waals surface area contributed by atoms with E-state index in [-0.39, 0.29) is 24.0 Å². The maximum atomic E-state index is 12.0. The summed E-state index contributed by atoms with van der Waals surface area (Å²) >= 11 is 0. The number of carbonyl (C=O) groups is 1. The fourth-order valence-corrected chi connectivity index (χ4v) is 2.39. The summed E-state index contributed by atoms with van der Waals surface area (Å²) in [6.45, 7) is 13.1. The first-order chi connectivity index (χ1) is 12.9. The van der Waals surface area contributed by atoms with Gasteiger partial charge in [0.25, 0.3) is 0 Å². The number of amides is 1. The quantitative estimate of drug-likeness (QED) is 0.291. The second-order valence-corrected chi connectivity index (χ2v) is 8.44. The average Bonchev–Trinajstić information content (AvgIpc) is 2.55. The number of ether oxygens (including phenoxy) is 1. The Balaban J connectivity index is 0.00000784. The zero-order valence-electron chi connectivity index (χ0n) is 18.9. The standard InChI is InChI=1S/C20H36N6O2.HI/c1-9-21-17(23-13-15-11-10-12-22-16(15)26(7)8)24-14-20(5,6)25-18(27)28-19(2,3)4;/h10-12H,9,13-14H2,1-8H3,(H,25,27)(H2,21,23,24);1H. The lowest BCUT2D eigenvalue weighted by Crippen LogP contribution is -2.54. The molecule has 0 aliphatic heterocycles. The number of nitrogens with zero attached hydrogens (tertiary/aromatic N) is 3. The Morgan fingerprint density at radius 1 is 1.21 bits per heavy atom. The summed E-state index contributed by atoms with van der Waals surface area (Å²) in [5.74, 6) is 1.57. The number of hydrogen-bond donors (Lipinski definition) is 3. The molecule has 0 spiro atoms. The van der Waals surface area contributed by atoms with Gasteiger partial charge in [0.05, 0.1) is 12.1 Å². The van der Waals surface area contributed by atoms with E-state index in [9.17, 15) is 4.79 Å². The molecule has 1 amide bonds. The normalized spacial score (nSPS) is 11.9. The fourth-order valence-electron chi connectivity index (χ4n) is 2.39. The molecule has 1 heterocycles. The molecule has 1 aromatic rings. The first-order valence-electron chi connectivity index (χ1n) is 9.58. The van der Waals surface area contributed by atoms with E-state index in [4.69, 9.17) is 4.74 Å². The Morgan fingerprint density at radius 2 is 1.86 bits per heavy atom. The van der Waals surface area contributed by atoms with Gasteiger partial charge < -0.3 is 25.6 Å². The molecule has 0 aromatic carbocycles. The number of nitrogens with one attached hydrogen (secondary N) is 3. The third kappa shape index (κ3) is 11.1. The van der Waals surface area contributed by atoms with Gasteiger partial charge in [0, 0.05) is 38.9 Å². The van der Waals surface area contributed by atoms with Gasteiger partial charge in [-0.25, -0.2) is 14.8 Å². The molecule has 0 saturated heterocycles. The first-order valence-corrected chi connectivity index (χ1v) is 9.58. The summed E-state index contributed by atoms with van der Waals surface area (Å²) < 4.78 is 5.33. The van der Waals surface area contributed by atoms with E-state index >= 15 is 0 Å². The van der Waals surface area contributed by atoms with Crippen LogP contribution in [0, 0.1) is 0 Å². The molecule has 166 valence electrons. The van der Waals surface area contributed by atoms with E-state index in [1.165, 1.54) is 0 Å². The Labute approximate surface area is 192 Å². The molecule has 8 nitrogen and oxygen atoms in total. The summed E-state index contributed by atoms with van der Waals surface area (Å²) in [4.78, 5) is 23.1. The number of guanidine groups is 1. The highest BCUT2D eigenvalue weighted by molar-refractivity contribution is 14.0. The summed E-state index contributed by atoms with van der Waals surface area (Å²) in [5, 5.41) is 9.39. The van der Waals surface area contributed by atoms with Crippen molar-refractivity contribution in [2.75, 3.05) is 32.1 Å². The maximum Gasteiger partial charge on any atom is 0.408 e. The maximum absolute atomic E-state index is 12.0. The molecule has 1 aromatic heterocycles. The van der Waals surface area contributed by atoms with Gasteiger partial charge in [-0.3, -0.25) is 0 Å². The highest BCUT2D eigenvalue weighted by atomic mass is 127. The van der Waals surface area contributed by atoms with Gasteiger partial charge in [0.2, 0.25) is 0 Å². The minimum Gasteiger partial charge on any atom is -0.444 e. The van der Waals surface area contributed by atoms with Gasteiger partial charge in [-0.1, -0.05) is 6.07 Å². The first kappa shape index (κ1) is 27.2. The van der Waals surface area contributed by atoms with E-state index in [0.717, 1.165) is 17.9 Å². The summed E-state index contributed by atoms with van der Waals surface area (Å²) in [5.41, 5.74) is -0.00438. The fraction of sp³-hybridized carbons (Fsp3) is 0.650. The van der Waals surface area contributed by atoms with Crippen LogP contribution in [0.2, 0.25) is 0 Å². The zero-order valence-corrected chi connectivity index (χ0v) is 21.3. The van der Waals surface area contributed by atoms with Gasteiger partial charge in [-0.05, 0) is 47.6 Å². The predicted octanol–water partition coefficient (Wildman–Crippen LogP) is 3.12. The topological polar surface area (TPSA) is 90.9 Å². The summed E-state index contributed by atoms with van der Waals surface area (Å²) in [7, 11) is 3.92. The molecule has 3 N–H and O–H groups in total. The number of carbonyl (C=O) groups excluding carboxylic acids is 1. The molecule has 0 bridgehead atoms. The van der Waals surface area contributed by atoms with Crippen molar-refractivity contribution in [3.63, 3.8) is 0 Å². The lowest BCUT2D eigenvalue weighted by molar-refractivity contribution is 0.0474. The van der Waals surface area contributed by atoms with Crippen LogP contribution in [-0.2, 0) is 11.3 Å². The van der Waals surface area contributed by atoms with Crippen LogP contribution in [0.25, 0.3) is 0 Å². The number of aromatic nitrogens is 1. The van der Waals surface area contributed by atoms with Gasteiger partial charge in [-0.15, -0.1) is 24.0 Å². The highest BCUT2D eigenvalue weighted by Crippen LogP contribution is 2.15. The number of aliphatic imine (C=N–C) groups is 1. The zero-order chi connectivity index (χ0) is 21.4. The van der Waals surface area contributed by atoms with Crippen molar-refractivity contribution in [3.05, 3.63) is 23.9 Å². The predicted molar refractivity (Wildman–Crippen MR) is 130 cm³/mol. The van der Waals surface area contributed by atoms with Crippen LogP contribution in [0.5, 0.6) is 0 Å². The van der Waals surface area contributed by atoms with Crippen molar-refractivity contribution >= 4 is 41.8 Å². The third-order valence-electron chi connectivity index (χ3n) is 3.58. The van der Waals surface area contributed by atoms with Crippen molar-refractivity contribution in [3.8, 4) is 0 Å². The molecule has 0 aliphatic carbocycles. The monoisotopic (exact) mass is 520 g/mol. The van der Waals surface area contributed by atoms with E-state index in [0.29, 0.717) is 19.0 Å². The van der Waals surface area contributed by atoms with Crippen molar-refractivity contribution < 1.29 is 9.53 Å². The van der Waals surface area contributed by atoms with Crippen LogP contribution >= 0.6 is 24.0 Å².